The van der Waals surface area contributed by atoms with Crippen LogP contribution in [0.4, 0.5) is 0 Å². The van der Waals surface area contributed by atoms with Crippen molar-refractivity contribution in [2.45, 2.75) is 19.8 Å². The molecule has 1 heterocycles. The van der Waals surface area contributed by atoms with Crippen LogP contribution in [-0.4, -0.2) is 18.2 Å². The van der Waals surface area contributed by atoms with E-state index in [2.05, 4.69) is 5.32 Å². The molecule has 1 saturated heterocycles. The van der Waals surface area contributed by atoms with Gasteiger partial charge in [0.2, 0.25) is 5.91 Å². The Hall–Kier alpha value is -1.90. The lowest BCUT2D eigenvalue weighted by Crippen LogP contribution is -2.26. The van der Waals surface area contributed by atoms with Crippen LogP contribution >= 0.6 is 0 Å². The highest BCUT2D eigenvalue weighted by atomic mass is 16.2. The maximum atomic E-state index is 12.1. The minimum Gasteiger partial charge on any atom is -0.355 e. The monoisotopic (exact) mass is 243 g/mol. The molecule has 0 saturated carbocycles. The van der Waals surface area contributed by atoms with Gasteiger partial charge in [-0.1, -0.05) is 35.9 Å². The Labute approximate surface area is 107 Å². The summed E-state index contributed by atoms with van der Waals surface area (Å²) in [5.74, 6) is -0.894. The van der Waals surface area contributed by atoms with Gasteiger partial charge in [-0.15, -0.1) is 0 Å². The molecule has 1 N–H and O–H groups in total. The smallest absolute Gasteiger partial charge is 0.231 e. The SMILES string of the molecule is CC(C)=CC(=O)[C@@H]1C(=O)NCC1c1ccccc1. The van der Waals surface area contributed by atoms with Gasteiger partial charge in [0.1, 0.15) is 5.92 Å². The molecule has 2 atom stereocenters. The predicted octanol–water partition coefficient (Wildman–Crippen LogP) is 2.05. The third-order valence-corrected chi connectivity index (χ3v) is 3.15. The van der Waals surface area contributed by atoms with Crippen molar-refractivity contribution in [1.29, 1.82) is 0 Å². The summed E-state index contributed by atoms with van der Waals surface area (Å²) in [5, 5.41) is 2.78. The fourth-order valence-corrected chi connectivity index (χ4v) is 2.33. The van der Waals surface area contributed by atoms with Gasteiger partial charge in [-0.25, -0.2) is 0 Å². The van der Waals surface area contributed by atoms with Crippen molar-refractivity contribution in [2.75, 3.05) is 6.54 Å². The first-order chi connectivity index (χ1) is 8.59. The first-order valence-electron chi connectivity index (χ1n) is 6.11. The number of rotatable bonds is 3. The summed E-state index contributed by atoms with van der Waals surface area (Å²) >= 11 is 0. The van der Waals surface area contributed by atoms with Crippen molar-refractivity contribution in [2.24, 2.45) is 5.92 Å². The van der Waals surface area contributed by atoms with Crippen molar-refractivity contribution >= 4 is 11.7 Å². The Morgan fingerprint density at radius 2 is 1.94 bits per heavy atom. The maximum Gasteiger partial charge on any atom is 0.231 e. The minimum atomic E-state index is -0.581. The lowest BCUT2D eigenvalue weighted by atomic mass is 9.85. The standard InChI is InChI=1S/C15H17NO2/c1-10(2)8-13(17)14-12(9-16-15(14)18)11-6-4-3-5-7-11/h3-8,12,14H,9H2,1-2H3,(H,16,18)/t12?,14-/m1/s1. The van der Waals surface area contributed by atoms with Gasteiger partial charge >= 0.3 is 0 Å². The molecule has 0 bridgehead atoms. The van der Waals surface area contributed by atoms with Crippen LogP contribution in [-0.2, 0) is 9.59 Å². The topological polar surface area (TPSA) is 46.2 Å². The summed E-state index contributed by atoms with van der Waals surface area (Å²) in [6, 6.07) is 9.73. The first-order valence-corrected chi connectivity index (χ1v) is 6.11. The Morgan fingerprint density at radius 3 is 2.56 bits per heavy atom. The third-order valence-electron chi connectivity index (χ3n) is 3.15. The molecule has 1 amide bonds. The largest absolute Gasteiger partial charge is 0.355 e. The average molecular weight is 243 g/mol. The minimum absolute atomic E-state index is 0.0539. The zero-order valence-electron chi connectivity index (χ0n) is 10.6. The molecule has 3 heteroatoms. The Morgan fingerprint density at radius 1 is 1.28 bits per heavy atom. The van der Waals surface area contributed by atoms with Crippen LogP contribution in [0.1, 0.15) is 25.3 Å². The van der Waals surface area contributed by atoms with E-state index in [1.807, 2.05) is 44.2 Å². The number of amides is 1. The Bertz CT molecular complexity index is 486. The van der Waals surface area contributed by atoms with Gasteiger partial charge in [0, 0.05) is 12.5 Å². The van der Waals surface area contributed by atoms with E-state index < -0.39 is 5.92 Å². The highest BCUT2D eigenvalue weighted by Crippen LogP contribution is 2.30. The molecule has 1 aromatic rings. The number of allylic oxidation sites excluding steroid dienone is 2. The van der Waals surface area contributed by atoms with Gasteiger partial charge in [-0.3, -0.25) is 9.59 Å². The van der Waals surface area contributed by atoms with Crippen molar-refractivity contribution in [1.82, 2.24) is 5.32 Å². The number of carbonyl (C=O) groups is 2. The zero-order valence-corrected chi connectivity index (χ0v) is 10.6. The van der Waals surface area contributed by atoms with Crippen molar-refractivity contribution in [3.05, 3.63) is 47.5 Å². The number of carbonyl (C=O) groups excluding carboxylic acids is 2. The summed E-state index contributed by atoms with van der Waals surface area (Å²) in [6.07, 6.45) is 1.56. The molecule has 1 aliphatic rings. The lowest BCUT2D eigenvalue weighted by molar-refractivity contribution is -0.129. The first kappa shape index (κ1) is 12.6. The predicted molar refractivity (Wildman–Crippen MR) is 70.1 cm³/mol. The summed E-state index contributed by atoms with van der Waals surface area (Å²) in [4.78, 5) is 23.9. The normalized spacial score (nSPS) is 22.4. The van der Waals surface area contributed by atoms with E-state index in [4.69, 9.17) is 0 Å². The van der Waals surface area contributed by atoms with Crippen LogP contribution < -0.4 is 5.32 Å². The molecule has 18 heavy (non-hydrogen) atoms. The Kier molecular flexibility index (Phi) is 3.60. The number of hydrogen-bond donors (Lipinski definition) is 1. The molecule has 0 aliphatic carbocycles. The van der Waals surface area contributed by atoms with Crippen LogP contribution in [0.5, 0.6) is 0 Å². The Balaban J connectivity index is 2.29. The molecule has 1 fully saturated rings. The average Bonchev–Trinajstić information content (AvgIpc) is 2.71. The van der Waals surface area contributed by atoms with Gasteiger partial charge in [0.05, 0.1) is 0 Å². The van der Waals surface area contributed by atoms with E-state index in [9.17, 15) is 9.59 Å². The fourth-order valence-electron chi connectivity index (χ4n) is 2.33. The second kappa shape index (κ2) is 5.17. The van der Waals surface area contributed by atoms with E-state index in [-0.39, 0.29) is 17.6 Å². The summed E-state index contributed by atoms with van der Waals surface area (Å²) in [7, 11) is 0. The molecule has 1 unspecified atom stereocenters. The molecule has 0 spiro atoms. The number of hydrogen-bond acceptors (Lipinski definition) is 2. The van der Waals surface area contributed by atoms with E-state index in [1.165, 1.54) is 0 Å². The highest BCUT2D eigenvalue weighted by molar-refractivity contribution is 6.09. The van der Waals surface area contributed by atoms with Crippen LogP contribution in [0.2, 0.25) is 0 Å². The van der Waals surface area contributed by atoms with Crippen molar-refractivity contribution in [3.8, 4) is 0 Å². The zero-order chi connectivity index (χ0) is 13.1. The summed E-state index contributed by atoms with van der Waals surface area (Å²) < 4.78 is 0. The molecule has 0 radical (unpaired) electrons. The van der Waals surface area contributed by atoms with Gasteiger partial charge in [0.15, 0.2) is 5.78 Å². The molecule has 3 nitrogen and oxygen atoms in total. The summed E-state index contributed by atoms with van der Waals surface area (Å²) in [6.45, 7) is 4.26. The van der Waals surface area contributed by atoms with Crippen LogP contribution in [0, 0.1) is 5.92 Å². The second-order valence-electron chi connectivity index (χ2n) is 4.86. The van der Waals surface area contributed by atoms with Gasteiger partial charge in [-0.2, -0.15) is 0 Å². The quantitative estimate of drug-likeness (QED) is 0.652. The van der Waals surface area contributed by atoms with E-state index in [1.54, 1.807) is 6.08 Å². The van der Waals surface area contributed by atoms with E-state index >= 15 is 0 Å². The molecule has 1 aromatic carbocycles. The molecule has 1 aliphatic heterocycles. The van der Waals surface area contributed by atoms with Crippen LogP contribution in [0.25, 0.3) is 0 Å². The van der Waals surface area contributed by atoms with Gasteiger partial charge in [0.25, 0.3) is 0 Å². The summed E-state index contributed by atoms with van der Waals surface area (Å²) in [5.41, 5.74) is 1.96. The highest BCUT2D eigenvalue weighted by Gasteiger charge is 2.39. The second-order valence-corrected chi connectivity index (χ2v) is 4.86. The fraction of sp³-hybridized carbons (Fsp3) is 0.333. The third kappa shape index (κ3) is 2.50. The number of nitrogens with one attached hydrogen (secondary N) is 1. The molecule has 2 rings (SSSR count). The van der Waals surface area contributed by atoms with Gasteiger partial charge < -0.3 is 5.32 Å². The van der Waals surface area contributed by atoms with Crippen molar-refractivity contribution < 1.29 is 9.59 Å². The van der Waals surface area contributed by atoms with E-state index in [0.717, 1.165) is 11.1 Å². The van der Waals surface area contributed by atoms with Crippen LogP contribution in [0.15, 0.2) is 42.0 Å². The van der Waals surface area contributed by atoms with E-state index in [0.29, 0.717) is 6.54 Å². The number of benzene rings is 1. The van der Waals surface area contributed by atoms with Crippen LogP contribution in [0.3, 0.4) is 0 Å². The maximum absolute atomic E-state index is 12.1. The lowest BCUT2D eigenvalue weighted by Gasteiger charge is -2.14. The number of ketones is 1. The molecule has 94 valence electrons. The molecular weight excluding hydrogens is 226 g/mol. The van der Waals surface area contributed by atoms with Crippen molar-refractivity contribution in [3.63, 3.8) is 0 Å². The molecular formula is C15H17NO2. The molecule has 0 aromatic heterocycles. The van der Waals surface area contributed by atoms with Gasteiger partial charge in [-0.05, 0) is 25.5 Å².